The predicted octanol–water partition coefficient (Wildman–Crippen LogP) is 3.03. The highest BCUT2D eigenvalue weighted by molar-refractivity contribution is 6.42. The monoisotopic (exact) mass is 212 g/mol. The van der Waals surface area contributed by atoms with Gasteiger partial charge in [0.25, 0.3) is 0 Å². The highest BCUT2D eigenvalue weighted by Gasteiger charge is 2.09. The van der Waals surface area contributed by atoms with Crippen molar-refractivity contribution in [3.63, 3.8) is 0 Å². The second-order valence-electron chi connectivity index (χ2n) is 3.44. The van der Waals surface area contributed by atoms with Crippen LogP contribution in [-0.2, 0) is 0 Å². The van der Waals surface area contributed by atoms with Crippen LogP contribution < -0.4 is 5.46 Å². The van der Waals surface area contributed by atoms with Gasteiger partial charge >= 0.3 is 0 Å². The molecule has 2 aromatic carbocycles. The zero-order valence-corrected chi connectivity index (χ0v) is 8.58. The topological polar surface area (TPSA) is 13.1 Å². The molecule has 0 aliphatic heterocycles. The summed E-state index contributed by atoms with van der Waals surface area (Å²) in [6.07, 6.45) is 0. The van der Waals surface area contributed by atoms with E-state index in [0.717, 1.165) is 16.4 Å². The summed E-state index contributed by atoms with van der Waals surface area (Å²) in [5, 5.41) is 2.52. The van der Waals surface area contributed by atoms with Gasteiger partial charge in [0.1, 0.15) is 13.4 Å². The van der Waals surface area contributed by atoms with Gasteiger partial charge in [-0.2, -0.15) is 0 Å². The molecule has 70 valence electrons. The lowest BCUT2D eigenvalue weighted by Crippen LogP contribution is -2.00. The maximum Gasteiger partial charge on any atom is 0.153 e. The van der Waals surface area contributed by atoms with E-state index in [1.54, 1.807) is 0 Å². The smallest absolute Gasteiger partial charge is 0.153 e. The maximum atomic E-state index is 6.05. The van der Waals surface area contributed by atoms with Gasteiger partial charge in [-0.3, -0.25) is 0 Å². The predicted molar refractivity (Wildman–Crippen MR) is 64.1 cm³/mol. The Morgan fingerprint density at radius 1 is 1.07 bits per heavy atom. The van der Waals surface area contributed by atoms with E-state index in [1.807, 2.05) is 36.4 Å². The van der Waals surface area contributed by atoms with Gasteiger partial charge in [0, 0.05) is 10.8 Å². The van der Waals surface area contributed by atoms with Crippen LogP contribution in [0.4, 0.5) is 0 Å². The third-order valence-corrected chi connectivity index (χ3v) is 2.80. The van der Waals surface area contributed by atoms with E-state index in [2.05, 4.69) is 0 Å². The highest BCUT2D eigenvalue weighted by Crippen LogP contribution is 2.31. The van der Waals surface area contributed by atoms with Crippen LogP contribution in [0.3, 0.4) is 0 Å². The van der Waals surface area contributed by atoms with E-state index in [4.69, 9.17) is 23.9 Å². The van der Waals surface area contributed by atoms with E-state index in [0.29, 0.717) is 16.1 Å². The summed E-state index contributed by atoms with van der Waals surface area (Å²) in [6.45, 7) is 0. The molecule has 15 heavy (non-hydrogen) atoms. The lowest BCUT2D eigenvalue weighted by atomic mass is 9.91. The van der Waals surface area contributed by atoms with E-state index < -0.39 is 0 Å². The second-order valence-corrected chi connectivity index (χ2v) is 3.85. The van der Waals surface area contributed by atoms with Crippen LogP contribution in [0.25, 0.3) is 21.9 Å². The normalized spacial score (nSPS) is 11.3. The summed E-state index contributed by atoms with van der Waals surface area (Å²) in [4.78, 5) is 0. The molecule has 0 N–H and O–H groups in total. The SMILES string of the molecule is [B]c1cccc2oc3c(Cl)cccc3c12. The highest BCUT2D eigenvalue weighted by atomic mass is 35.5. The molecule has 3 rings (SSSR count). The van der Waals surface area contributed by atoms with Crippen LogP contribution in [0.15, 0.2) is 40.8 Å². The average Bonchev–Trinajstić information content (AvgIpc) is 2.59. The maximum absolute atomic E-state index is 6.05. The van der Waals surface area contributed by atoms with E-state index in [-0.39, 0.29) is 0 Å². The number of halogens is 1. The summed E-state index contributed by atoms with van der Waals surface area (Å²) in [7, 11) is 5.91. The van der Waals surface area contributed by atoms with Crippen LogP contribution in [0, 0.1) is 0 Å². The lowest BCUT2D eigenvalue weighted by Gasteiger charge is -1.94. The van der Waals surface area contributed by atoms with Crippen LogP contribution in [-0.4, -0.2) is 7.85 Å². The van der Waals surface area contributed by atoms with Gasteiger partial charge in [0.15, 0.2) is 5.58 Å². The third-order valence-electron chi connectivity index (χ3n) is 2.51. The Morgan fingerprint density at radius 3 is 2.73 bits per heavy atom. The Kier molecular flexibility index (Phi) is 1.80. The van der Waals surface area contributed by atoms with Crippen LogP contribution >= 0.6 is 11.6 Å². The molecule has 1 aromatic heterocycles. The zero-order chi connectivity index (χ0) is 10.4. The van der Waals surface area contributed by atoms with Crippen molar-refractivity contribution in [2.75, 3.05) is 0 Å². The van der Waals surface area contributed by atoms with Crippen LogP contribution in [0.1, 0.15) is 0 Å². The number of para-hydroxylation sites is 1. The number of rotatable bonds is 0. The molecule has 0 atom stereocenters. The van der Waals surface area contributed by atoms with Crippen molar-refractivity contribution in [3.8, 4) is 0 Å². The van der Waals surface area contributed by atoms with Crippen LogP contribution in [0.2, 0.25) is 5.02 Å². The van der Waals surface area contributed by atoms with Crippen molar-refractivity contribution in [3.05, 3.63) is 41.4 Å². The first-order chi connectivity index (χ1) is 7.27. The molecular weight excluding hydrogens is 206 g/mol. The Balaban J connectivity index is 2.65. The average molecular weight is 212 g/mol. The first-order valence-electron chi connectivity index (χ1n) is 4.62. The van der Waals surface area contributed by atoms with Crippen molar-refractivity contribution >= 4 is 46.8 Å². The Labute approximate surface area is 93.0 Å². The van der Waals surface area contributed by atoms with Crippen molar-refractivity contribution in [1.82, 2.24) is 0 Å². The molecule has 0 aliphatic rings. The first-order valence-corrected chi connectivity index (χ1v) is 5.00. The van der Waals surface area contributed by atoms with E-state index in [9.17, 15) is 0 Å². The fourth-order valence-corrected chi connectivity index (χ4v) is 2.05. The molecule has 1 nitrogen and oxygen atoms in total. The Morgan fingerprint density at radius 2 is 1.87 bits per heavy atom. The van der Waals surface area contributed by atoms with Crippen LogP contribution in [0.5, 0.6) is 0 Å². The van der Waals surface area contributed by atoms with Crippen molar-refractivity contribution in [2.24, 2.45) is 0 Å². The van der Waals surface area contributed by atoms with Crippen molar-refractivity contribution < 1.29 is 4.42 Å². The number of benzene rings is 2. The molecule has 0 aliphatic carbocycles. The number of hydrogen-bond acceptors (Lipinski definition) is 1. The van der Waals surface area contributed by atoms with Gasteiger partial charge in [-0.05, 0) is 12.1 Å². The third kappa shape index (κ3) is 1.18. The summed E-state index contributed by atoms with van der Waals surface area (Å²) in [6, 6.07) is 11.3. The minimum absolute atomic E-state index is 0.614. The molecule has 0 bridgehead atoms. The van der Waals surface area contributed by atoms with Gasteiger partial charge in [0.2, 0.25) is 0 Å². The molecule has 3 aromatic rings. The minimum atomic E-state index is 0.614. The van der Waals surface area contributed by atoms with Gasteiger partial charge in [-0.15, -0.1) is 0 Å². The molecule has 0 unspecified atom stereocenters. The molecule has 0 saturated carbocycles. The molecule has 3 heteroatoms. The fourth-order valence-electron chi connectivity index (χ4n) is 1.84. The largest absolute Gasteiger partial charge is 0.455 e. The van der Waals surface area contributed by atoms with Gasteiger partial charge in [-0.1, -0.05) is 41.3 Å². The van der Waals surface area contributed by atoms with E-state index >= 15 is 0 Å². The van der Waals surface area contributed by atoms with Gasteiger partial charge in [0.05, 0.1) is 5.02 Å². The Hall–Kier alpha value is -1.41. The lowest BCUT2D eigenvalue weighted by molar-refractivity contribution is 0.669. The number of hydrogen-bond donors (Lipinski definition) is 0. The summed E-state index contributed by atoms with van der Waals surface area (Å²) < 4.78 is 5.65. The minimum Gasteiger partial charge on any atom is -0.455 e. The fraction of sp³-hybridized carbons (Fsp3) is 0. The second kappa shape index (κ2) is 3.04. The summed E-state index contributed by atoms with van der Waals surface area (Å²) in [5.41, 5.74) is 2.19. The first kappa shape index (κ1) is 8.87. The zero-order valence-electron chi connectivity index (χ0n) is 7.83. The summed E-state index contributed by atoms with van der Waals surface area (Å²) in [5.74, 6) is 0. The summed E-state index contributed by atoms with van der Waals surface area (Å²) >= 11 is 6.05. The molecule has 2 radical (unpaired) electrons. The molecule has 0 fully saturated rings. The van der Waals surface area contributed by atoms with Gasteiger partial charge in [-0.25, -0.2) is 0 Å². The number of fused-ring (bicyclic) bond motifs is 3. The molecule has 0 amide bonds. The molecule has 0 spiro atoms. The molecule has 0 saturated heterocycles. The van der Waals surface area contributed by atoms with Crippen molar-refractivity contribution in [2.45, 2.75) is 0 Å². The van der Waals surface area contributed by atoms with Gasteiger partial charge < -0.3 is 4.42 Å². The quantitative estimate of drug-likeness (QED) is 0.522. The standard InChI is InChI=1S/C12H6BClO/c13-8-4-2-6-10-11(8)7-3-1-5-9(14)12(7)15-10/h1-6H. The van der Waals surface area contributed by atoms with Crippen molar-refractivity contribution in [1.29, 1.82) is 0 Å². The molecule has 1 heterocycles. The number of furan rings is 1. The Bertz CT molecular complexity index is 657. The van der Waals surface area contributed by atoms with E-state index in [1.165, 1.54) is 0 Å². The molecular formula is C12H6BClO.